The van der Waals surface area contributed by atoms with Crippen molar-refractivity contribution in [1.82, 2.24) is 9.62 Å². The van der Waals surface area contributed by atoms with Gasteiger partial charge in [0.25, 0.3) is 0 Å². The molecule has 0 atom stereocenters. The number of nitrogens with one attached hydrogen (secondary N) is 1. The SMILES string of the molecule is CN(C)S(=O)(=O)c1ccc(CC2CCNCC2)cc1. The van der Waals surface area contributed by atoms with Crippen molar-refractivity contribution in [1.29, 1.82) is 0 Å². The Labute approximate surface area is 115 Å². The van der Waals surface area contributed by atoms with Gasteiger partial charge in [-0.15, -0.1) is 0 Å². The Hall–Kier alpha value is -0.910. The normalized spacial score (nSPS) is 17.8. The van der Waals surface area contributed by atoms with E-state index in [1.54, 1.807) is 26.2 Å². The Balaban J connectivity index is 2.06. The predicted molar refractivity (Wildman–Crippen MR) is 76.6 cm³/mol. The quantitative estimate of drug-likeness (QED) is 0.910. The zero-order chi connectivity index (χ0) is 13.9. The van der Waals surface area contributed by atoms with Crippen LogP contribution >= 0.6 is 0 Å². The first-order valence-corrected chi connectivity index (χ1v) is 8.16. The zero-order valence-electron chi connectivity index (χ0n) is 11.6. The molecule has 0 spiro atoms. The van der Waals surface area contributed by atoms with Crippen LogP contribution in [0.25, 0.3) is 0 Å². The summed E-state index contributed by atoms with van der Waals surface area (Å²) in [6.45, 7) is 2.19. The molecule has 0 aliphatic carbocycles. The molecule has 4 nitrogen and oxygen atoms in total. The van der Waals surface area contributed by atoms with E-state index in [0.717, 1.165) is 25.4 Å². The van der Waals surface area contributed by atoms with Gasteiger partial charge < -0.3 is 5.32 Å². The topological polar surface area (TPSA) is 49.4 Å². The third-order valence-electron chi connectivity index (χ3n) is 3.69. The molecule has 1 aromatic carbocycles. The van der Waals surface area contributed by atoms with Gasteiger partial charge in [0.05, 0.1) is 4.90 Å². The van der Waals surface area contributed by atoms with Gasteiger partial charge in [-0.2, -0.15) is 0 Å². The fourth-order valence-electron chi connectivity index (χ4n) is 2.43. The van der Waals surface area contributed by atoms with Crippen LogP contribution in [0.2, 0.25) is 0 Å². The zero-order valence-corrected chi connectivity index (χ0v) is 12.4. The first-order valence-electron chi connectivity index (χ1n) is 6.72. The molecule has 0 aromatic heterocycles. The molecule has 5 heteroatoms. The molecule has 106 valence electrons. The highest BCUT2D eigenvalue weighted by molar-refractivity contribution is 7.89. The minimum atomic E-state index is -3.30. The highest BCUT2D eigenvalue weighted by atomic mass is 32.2. The van der Waals surface area contributed by atoms with Crippen LogP contribution in [0.3, 0.4) is 0 Å². The molecule has 1 N–H and O–H groups in total. The number of sulfonamides is 1. The average Bonchev–Trinajstić information content (AvgIpc) is 2.40. The Bertz CT molecular complexity index is 503. The summed E-state index contributed by atoms with van der Waals surface area (Å²) < 4.78 is 25.1. The van der Waals surface area contributed by atoms with Crippen molar-refractivity contribution in [2.75, 3.05) is 27.2 Å². The minimum Gasteiger partial charge on any atom is -0.317 e. The third-order valence-corrected chi connectivity index (χ3v) is 5.51. The van der Waals surface area contributed by atoms with Gasteiger partial charge in [0.2, 0.25) is 10.0 Å². The maximum absolute atomic E-state index is 12.0. The number of piperidine rings is 1. The van der Waals surface area contributed by atoms with Crippen LogP contribution in [0.1, 0.15) is 18.4 Å². The van der Waals surface area contributed by atoms with Crippen molar-refractivity contribution in [3.05, 3.63) is 29.8 Å². The van der Waals surface area contributed by atoms with Gasteiger partial charge in [0.1, 0.15) is 0 Å². The van der Waals surface area contributed by atoms with Crippen LogP contribution in [0.15, 0.2) is 29.2 Å². The van der Waals surface area contributed by atoms with Gasteiger partial charge in [0, 0.05) is 14.1 Å². The maximum atomic E-state index is 12.0. The second kappa shape index (κ2) is 6.03. The van der Waals surface area contributed by atoms with E-state index in [-0.39, 0.29) is 0 Å². The van der Waals surface area contributed by atoms with Crippen molar-refractivity contribution < 1.29 is 8.42 Å². The number of hydrogen-bond donors (Lipinski definition) is 1. The molecule has 19 heavy (non-hydrogen) atoms. The molecule has 1 aliphatic heterocycles. The molecule has 2 rings (SSSR count). The Morgan fingerprint density at radius 1 is 1.16 bits per heavy atom. The van der Waals surface area contributed by atoms with Crippen molar-refractivity contribution in [3.63, 3.8) is 0 Å². The monoisotopic (exact) mass is 282 g/mol. The molecule has 0 unspecified atom stereocenters. The summed E-state index contributed by atoms with van der Waals surface area (Å²) in [5.74, 6) is 0.720. The summed E-state index contributed by atoms with van der Waals surface area (Å²) in [5, 5.41) is 3.36. The molecule has 1 saturated heterocycles. The van der Waals surface area contributed by atoms with E-state index < -0.39 is 10.0 Å². The van der Waals surface area contributed by atoms with Gasteiger partial charge in [-0.3, -0.25) is 0 Å². The van der Waals surface area contributed by atoms with Gasteiger partial charge >= 0.3 is 0 Å². The Morgan fingerprint density at radius 2 is 1.74 bits per heavy atom. The third kappa shape index (κ3) is 3.55. The molecule has 1 aliphatic rings. The predicted octanol–water partition coefficient (Wildman–Crippen LogP) is 1.48. The highest BCUT2D eigenvalue weighted by Gasteiger charge is 2.17. The molecular weight excluding hydrogens is 260 g/mol. The Morgan fingerprint density at radius 3 is 2.26 bits per heavy atom. The molecule has 1 fully saturated rings. The van der Waals surface area contributed by atoms with Crippen molar-refractivity contribution >= 4 is 10.0 Å². The molecule has 0 radical (unpaired) electrons. The molecule has 0 bridgehead atoms. The number of rotatable bonds is 4. The van der Waals surface area contributed by atoms with E-state index in [4.69, 9.17) is 0 Å². The van der Waals surface area contributed by atoms with E-state index in [9.17, 15) is 8.42 Å². The van der Waals surface area contributed by atoms with Crippen molar-refractivity contribution in [3.8, 4) is 0 Å². The highest BCUT2D eigenvalue weighted by Crippen LogP contribution is 2.20. The number of hydrogen-bond acceptors (Lipinski definition) is 3. The summed E-state index contributed by atoms with van der Waals surface area (Å²) in [5.41, 5.74) is 1.23. The smallest absolute Gasteiger partial charge is 0.242 e. The molecule has 0 amide bonds. The largest absolute Gasteiger partial charge is 0.317 e. The molecule has 1 aromatic rings. The lowest BCUT2D eigenvalue weighted by Gasteiger charge is -2.22. The van der Waals surface area contributed by atoms with Crippen LogP contribution in [0.4, 0.5) is 0 Å². The van der Waals surface area contributed by atoms with Crippen LogP contribution in [0.5, 0.6) is 0 Å². The van der Waals surface area contributed by atoms with Gasteiger partial charge in [-0.05, 0) is 56.0 Å². The van der Waals surface area contributed by atoms with Gasteiger partial charge in [-0.1, -0.05) is 12.1 Å². The first kappa shape index (κ1) is 14.5. The van der Waals surface area contributed by atoms with Crippen molar-refractivity contribution in [2.45, 2.75) is 24.2 Å². The van der Waals surface area contributed by atoms with E-state index >= 15 is 0 Å². The molecular formula is C14H22N2O2S. The number of nitrogens with zero attached hydrogens (tertiary/aromatic N) is 1. The summed E-state index contributed by atoms with van der Waals surface area (Å²) >= 11 is 0. The lowest BCUT2D eigenvalue weighted by atomic mass is 9.91. The second-order valence-electron chi connectivity index (χ2n) is 5.33. The fraction of sp³-hybridized carbons (Fsp3) is 0.571. The fourth-order valence-corrected chi connectivity index (χ4v) is 3.33. The average molecular weight is 282 g/mol. The number of benzene rings is 1. The van der Waals surface area contributed by atoms with Crippen molar-refractivity contribution in [2.24, 2.45) is 5.92 Å². The minimum absolute atomic E-state index is 0.367. The summed E-state index contributed by atoms with van der Waals surface area (Å²) in [7, 11) is -0.196. The van der Waals surface area contributed by atoms with Crippen LogP contribution in [-0.4, -0.2) is 39.9 Å². The Kier molecular flexibility index (Phi) is 4.60. The van der Waals surface area contributed by atoms with Gasteiger partial charge in [0.15, 0.2) is 0 Å². The van der Waals surface area contributed by atoms with E-state index in [2.05, 4.69) is 5.32 Å². The molecule has 1 heterocycles. The van der Waals surface area contributed by atoms with Crippen LogP contribution in [0, 0.1) is 5.92 Å². The van der Waals surface area contributed by atoms with Crippen LogP contribution < -0.4 is 5.32 Å². The summed E-state index contributed by atoms with van der Waals surface area (Å²) in [6.07, 6.45) is 3.46. The molecule has 0 saturated carbocycles. The lowest BCUT2D eigenvalue weighted by molar-refractivity contribution is 0.372. The summed E-state index contributed by atoms with van der Waals surface area (Å²) in [6, 6.07) is 7.31. The van der Waals surface area contributed by atoms with E-state index in [0.29, 0.717) is 4.90 Å². The van der Waals surface area contributed by atoms with E-state index in [1.807, 2.05) is 12.1 Å². The van der Waals surface area contributed by atoms with E-state index in [1.165, 1.54) is 22.7 Å². The maximum Gasteiger partial charge on any atom is 0.242 e. The van der Waals surface area contributed by atoms with Gasteiger partial charge in [-0.25, -0.2) is 12.7 Å². The standard InChI is InChI=1S/C14H22N2O2S/c1-16(2)19(17,18)14-5-3-12(4-6-14)11-13-7-9-15-10-8-13/h3-6,13,15H,7-11H2,1-2H3. The second-order valence-corrected chi connectivity index (χ2v) is 7.48. The van der Waals surface area contributed by atoms with Crippen LogP contribution in [-0.2, 0) is 16.4 Å². The summed E-state index contributed by atoms with van der Waals surface area (Å²) in [4.78, 5) is 0.367. The first-order chi connectivity index (χ1) is 9.00. The lowest BCUT2D eigenvalue weighted by Crippen LogP contribution is -2.28.